The van der Waals surface area contributed by atoms with Gasteiger partial charge in [-0.1, -0.05) is 23.7 Å². The van der Waals surface area contributed by atoms with E-state index in [1.54, 1.807) is 12.1 Å². The molecule has 1 aliphatic rings. The Balaban J connectivity index is 2.23. The summed E-state index contributed by atoms with van der Waals surface area (Å²) in [5, 5.41) is 9.88. The molecule has 1 unspecified atom stereocenters. The highest BCUT2D eigenvalue weighted by Gasteiger charge is 2.28. The van der Waals surface area contributed by atoms with Crippen LogP contribution in [0.1, 0.15) is 35.2 Å². The number of rotatable bonds is 2. The van der Waals surface area contributed by atoms with Crippen molar-refractivity contribution in [3.8, 4) is 11.4 Å². The molecule has 0 fully saturated rings. The highest BCUT2D eigenvalue weighted by Crippen LogP contribution is 2.32. The Hall–Kier alpha value is -1.85. The number of imidazole rings is 1. The van der Waals surface area contributed by atoms with Crippen molar-refractivity contribution >= 4 is 17.6 Å². The van der Waals surface area contributed by atoms with Crippen LogP contribution in [0.5, 0.6) is 0 Å². The number of fused-ring (bicyclic) bond motifs is 1. The second-order valence-corrected chi connectivity index (χ2v) is 5.31. The van der Waals surface area contributed by atoms with Gasteiger partial charge in [-0.2, -0.15) is 0 Å². The van der Waals surface area contributed by atoms with E-state index < -0.39 is 5.97 Å². The van der Waals surface area contributed by atoms with Gasteiger partial charge in [0, 0.05) is 10.6 Å². The molecular weight excluding hydrogens is 278 g/mol. The van der Waals surface area contributed by atoms with Gasteiger partial charge in [0.25, 0.3) is 0 Å². The minimum Gasteiger partial charge on any atom is -0.476 e. The molecule has 104 valence electrons. The molecular formula is C14H14ClN3O2. The fourth-order valence-electron chi connectivity index (χ4n) is 2.67. The molecule has 2 aromatic rings. The predicted molar refractivity (Wildman–Crippen MR) is 75.8 cm³/mol. The molecule has 0 bridgehead atoms. The zero-order valence-corrected chi connectivity index (χ0v) is 11.5. The summed E-state index contributed by atoms with van der Waals surface area (Å²) in [7, 11) is 0. The lowest BCUT2D eigenvalue weighted by atomic mass is 10.1. The zero-order chi connectivity index (χ0) is 14.3. The minimum absolute atomic E-state index is 0.0927. The van der Waals surface area contributed by atoms with Crippen LogP contribution >= 0.6 is 11.6 Å². The van der Waals surface area contributed by atoms with Crippen molar-refractivity contribution in [2.24, 2.45) is 5.73 Å². The first-order valence-electron chi connectivity index (χ1n) is 6.44. The molecule has 0 saturated carbocycles. The Labute approximate surface area is 121 Å². The van der Waals surface area contributed by atoms with E-state index in [0.29, 0.717) is 23.0 Å². The standard InChI is InChI=1S/C14H14ClN3O2/c15-9-4-1-3-8(7-9)13-17-12(14(19)20)10-5-2-6-11(16)18(10)13/h1,3-4,7,11H,2,5-6,16H2,(H,19,20). The van der Waals surface area contributed by atoms with E-state index in [2.05, 4.69) is 4.98 Å². The molecule has 0 amide bonds. The van der Waals surface area contributed by atoms with Crippen molar-refractivity contribution in [3.05, 3.63) is 40.7 Å². The Bertz CT molecular complexity index is 681. The van der Waals surface area contributed by atoms with Crippen molar-refractivity contribution in [2.75, 3.05) is 0 Å². The van der Waals surface area contributed by atoms with Gasteiger partial charge in [-0.15, -0.1) is 0 Å². The summed E-state index contributed by atoms with van der Waals surface area (Å²) in [6.07, 6.45) is 2.13. The molecule has 0 radical (unpaired) electrons. The number of benzene rings is 1. The highest BCUT2D eigenvalue weighted by atomic mass is 35.5. The lowest BCUT2D eigenvalue weighted by molar-refractivity contribution is 0.0689. The Kier molecular flexibility index (Phi) is 3.23. The Morgan fingerprint density at radius 1 is 1.50 bits per heavy atom. The summed E-state index contributed by atoms with van der Waals surface area (Å²) in [4.78, 5) is 15.6. The topological polar surface area (TPSA) is 81.1 Å². The molecule has 1 atom stereocenters. The van der Waals surface area contributed by atoms with Crippen LogP contribution in [-0.2, 0) is 6.42 Å². The van der Waals surface area contributed by atoms with Crippen LogP contribution in [-0.4, -0.2) is 20.6 Å². The summed E-state index contributed by atoms with van der Waals surface area (Å²) in [5.74, 6) is -0.441. The normalized spacial score (nSPS) is 17.8. The maximum absolute atomic E-state index is 11.3. The molecule has 3 N–H and O–H groups in total. The lowest BCUT2D eigenvalue weighted by Crippen LogP contribution is -2.26. The van der Waals surface area contributed by atoms with Crippen molar-refractivity contribution in [2.45, 2.75) is 25.4 Å². The number of halogens is 1. The summed E-state index contributed by atoms with van der Waals surface area (Å²) >= 11 is 6.00. The van der Waals surface area contributed by atoms with Crippen LogP contribution in [0.3, 0.4) is 0 Å². The Morgan fingerprint density at radius 3 is 3.00 bits per heavy atom. The monoisotopic (exact) mass is 291 g/mol. The van der Waals surface area contributed by atoms with Gasteiger partial charge in [0.2, 0.25) is 0 Å². The third-order valence-electron chi connectivity index (χ3n) is 3.54. The number of carbonyl (C=O) groups is 1. The van der Waals surface area contributed by atoms with Gasteiger partial charge in [0.1, 0.15) is 5.82 Å². The van der Waals surface area contributed by atoms with Crippen molar-refractivity contribution in [1.82, 2.24) is 9.55 Å². The largest absolute Gasteiger partial charge is 0.476 e. The molecule has 1 aliphatic heterocycles. The molecule has 0 saturated heterocycles. The van der Waals surface area contributed by atoms with Gasteiger partial charge in [0.15, 0.2) is 5.69 Å². The number of nitrogens with zero attached hydrogens (tertiary/aromatic N) is 2. The minimum atomic E-state index is -1.02. The number of carboxylic acids is 1. The summed E-state index contributed by atoms with van der Waals surface area (Å²) in [5.41, 5.74) is 7.71. The molecule has 1 aromatic heterocycles. The van der Waals surface area contributed by atoms with Gasteiger partial charge in [-0.25, -0.2) is 9.78 Å². The van der Waals surface area contributed by atoms with Crippen LogP contribution in [0.15, 0.2) is 24.3 Å². The first-order chi connectivity index (χ1) is 9.58. The van der Waals surface area contributed by atoms with E-state index in [4.69, 9.17) is 17.3 Å². The number of aromatic carboxylic acids is 1. The van der Waals surface area contributed by atoms with E-state index in [-0.39, 0.29) is 11.9 Å². The average molecular weight is 292 g/mol. The average Bonchev–Trinajstić information content (AvgIpc) is 2.80. The van der Waals surface area contributed by atoms with Gasteiger partial charge < -0.3 is 15.4 Å². The maximum atomic E-state index is 11.3. The van der Waals surface area contributed by atoms with Gasteiger partial charge in [0.05, 0.1) is 11.9 Å². The third-order valence-corrected chi connectivity index (χ3v) is 3.78. The maximum Gasteiger partial charge on any atom is 0.356 e. The summed E-state index contributed by atoms with van der Waals surface area (Å²) < 4.78 is 1.83. The second kappa shape index (κ2) is 4.92. The zero-order valence-electron chi connectivity index (χ0n) is 10.7. The van der Waals surface area contributed by atoms with Gasteiger partial charge in [-0.05, 0) is 31.4 Å². The molecule has 1 aromatic carbocycles. The molecule has 3 rings (SSSR count). The smallest absolute Gasteiger partial charge is 0.356 e. The van der Waals surface area contributed by atoms with Gasteiger partial charge in [-0.3, -0.25) is 0 Å². The molecule has 0 spiro atoms. The van der Waals surface area contributed by atoms with Gasteiger partial charge >= 0.3 is 5.97 Å². The third kappa shape index (κ3) is 2.09. The summed E-state index contributed by atoms with van der Waals surface area (Å²) in [6.45, 7) is 0. The molecule has 5 nitrogen and oxygen atoms in total. The van der Waals surface area contributed by atoms with Crippen LogP contribution in [0.25, 0.3) is 11.4 Å². The highest BCUT2D eigenvalue weighted by molar-refractivity contribution is 6.30. The van der Waals surface area contributed by atoms with E-state index in [1.807, 2.05) is 16.7 Å². The number of hydrogen-bond acceptors (Lipinski definition) is 3. The van der Waals surface area contributed by atoms with Crippen LogP contribution in [0.2, 0.25) is 5.02 Å². The number of carboxylic acid groups (broad SMARTS) is 1. The van der Waals surface area contributed by atoms with Crippen molar-refractivity contribution in [1.29, 1.82) is 0 Å². The van der Waals surface area contributed by atoms with E-state index in [0.717, 1.165) is 18.4 Å². The Morgan fingerprint density at radius 2 is 2.30 bits per heavy atom. The van der Waals surface area contributed by atoms with E-state index in [9.17, 15) is 9.90 Å². The number of aromatic nitrogens is 2. The lowest BCUT2D eigenvalue weighted by Gasteiger charge is -2.24. The van der Waals surface area contributed by atoms with Crippen LogP contribution < -0.4 is 5.73 Å². The first kappa shape index (κ1) is 13.1. The second-order valence-electron chi connectivity index (χ2n) is 4.88. The van der Waals surface area contributed by atoms with Crippen molar-refractivity contribution < 1.29 is 9.90 Å². The van der Waals surface area contributed by atoms with E-state index in [1.165, 1.54) is 0 Å². The van der Waals surface area contributed by atoms with Crippen molar-refractivity contribution in [3.63, 3.8) is 0 Å². The predicted octanol–water partition coefficient (Wildman–Crippen LogP) is 2.70. The fraction of sp³-hybridized carbons (Fsp3) is 0.286. The van der Waals surface area contributed by atoms with Crippen LogP contribution in [0, 0.1) is 0 Å². The quantitative estimate of drug-likeness (QED) is 0.891. The van der Waals surface area contributed by atoms with Crippen LogP contribution in [0.4, 0.5) is 0 Å². The molecule has 0 aliphatic carbocycles. The fourth-order valence-corrected chi connectivity index (χ4v) is 2.86. The number of hydrogen-bond donors (Lipinski definition) is 2. The molecule has 20 heavy (non-hydrogen) atoms. The summed E-state index contributed by atoms with van der Waals surface area (Å²) in [6, 6.07) is 7.20. The van der Waals surface area contributed by atoms with E-state index >= 15 is 0 Å². The number of nitrogens with two attached hydrogens (primary N) is 1. The SMILES string of the molecule is NC1CCCc2c(C(=O)O)nc(-c3cccc(Cl)c3)n21. The molecule has 2 heterocycles. The molecule has 6 heteroatoms. The first-order valence-corrected chi connectivity index (χ1v) is 6.81.